The lowest BCUT2D eigenvalue weighted by molar-refractivity contribution is 0.525. The standard InChI is InChI=1S/C10H11N3/c1-2-4-9-8(3-1)5-6-10-12-11-7-13(9)10/h1-4,7,10,12H,5-6H2. The van der Waals surface area contributed by atoms with Crippen LogP contribution in [0.5, 0.6) is 0 Å². The van der Waals surface area contributed by atoms with Crippen LogP contribution in [0.3, 0.4) is 0 Å². The first-order chi connectivity index (χ1) is 6.45. The Morgan fingerprint density at radius 1 is 1.38 bits per heavy atom. The molecule has 0 saturated heterocycles. The van der Waals surface area contributed by atoms with Crippen molar-refractivity contribution in [2.24, 2.45) is 5.10 Å². The first kappa shape index (κ1) is 6.95. The Bertz CT molecular complexity index is 359. The molecule has 0 saturated carbocycles. The molecule has 0 amide bonds. The van der Waals surface area contributed by atoms with Crippen LogP contribution in [0.4, 0.5) is 5.69 Å². The quantitative estimate of drug-likeness (QED) is 0.640. The molecule has 0 spiro atoms. The van der Waals surface area contributed by atoms with E-state index in [9.17, 15) is 0 Å². The topological polar surface area (TPSA) is 27.6 Å². The zero-order valence-corrected chi connectivity index (χ0v) is 7.27. The molecule has 66 valence electrons. The molecule has 2 aliphatic rings. The van der Waals surface area contributed by atoms with Crippen LogP contribution >= 0.6 is 0 Å². The highest BCUT2D eigenvalue weighted by atomic mass is 15.5. The van der Waals surface area contributed by atoms with E-state index in [0.717, 1.165) is 12.8 Å². The summed E-state index contributed by atoms with van der Waals surface area (Å²) >= 11 is 0. The summed E-state index contributed by atoms with van der Waals surface area (Å²) in [6.07, 6.45) is 4.54. The molecule has 1 unspecified atom stereocenters. The maximum Gasteiger partial charge on any atom is 0.121 e. The molecule has 2 aliphatic heterocycles. The van der Waals surface area contributed by atoms with Crippen molar-refractivity contribution in [1.29, 1.82) is 0 Å². The summed E-state index contributed by atoms with van der Waals surface area (Å²) in [5.74, 6) is 0. The van der Waals surface area contributed by atoms with Gasteiger partial charge in [0, 0.05) is 5.69 Å². The molecule has 13 heavy (non-hydrogen) atoms. The molecular weight excluding hydrogens is 162 g/mol. The molecule has 0 bridgehead atoms. The molecular formula is C10H11N3. The van der Waals surface area contributed by atoms with Crippen molar-refractivity contribution in [3.05, 3.63) is 29.8 Å². The van der Waals surface area contributed by atoms with Crippen LogP contribution in [-0.4, -0.2) is 12.5 Å². The Morgan fingerprint density at radius 2 is 2.31 bits per heavy atom. The summed E-state index contributed by atoms with van der Waals surface area (Å²) in [6.45, 7) is 0. The SMILES string of the molecule is C1=NNC2CCc3ccccc3N12. The third kappa shape index (κ3) is 0.932. The molecule has 0 fully saturated rings. The van der Waals surface area contributed by atoms with Crippen LogP contribution in [0.15, 0.2) is 29.4 Å². The van der Waals surface area contributed by atoms with Crippen molar-refractivity contribution in [3.8, 4) is 0 Å². The summed E-state index contributed by atoms with van der Waals surface area (Å²) in [5, 5.41) is 4.08. The largest absolute Gasteiger partial charge is 0.308 e. The van der Waals surface area contributed by atoms with E-state index in [-0.39, 0.29) is 0 Å². The van der Waals surface area contributed by atoms with Crippen LogP contribution in [0.25, 0.3) is 0 Å². The van der Waals surface area contributed by atoms with Crippen molar-refractivity contribution >= 4 is 12.0 Å². The van der Waals surface area contributed by atoms with E-state index >= 15 is 0 Å². The summed E-state index contributed by atoms with van der Waals surface area (Å²) in [6, 6.07) is 8.52. The van der Waals surface area contributed by atoms with Gasteiger partial charge in [-0.25, -0.2) is 0 Å². The second-order valence-corrected chi connectivity index (χ2v) is 3.46. The number of nitrogens with one attached hydrogen (secondary N) is 1. The van der Waals surface area contributed by atoms with Gasteiger partial charge in [0.05, 0.1) is 0 Å². The molecule has 3 heteroatoms. The third-order valence-corrected chi connectivity index (χ3v) is 2.70. The molecule has 0 aliphatic carbocycles. The molecule has 1 N–H and O–H groups in total. The van der Waals surface area contributed by atoms with E-state index in [0.29, 0.717) is 6.17 Å². The molecule has 3 nitrogen and oxygen atoms in total. The molecule has 3 rings (SSSR count). The predicted molar refractivity (Wildman–Crippen MR) is 52.7 cm³/mol. The first-order valence-electron chi connectivity index (χ1n) is 4.60. The van der Waals surface area contributed by atoms with Crippen molar-refractivity contribution in [2.75, 3.05) is 4.90 Å². The highest BCUT2D eigenvalue weighted by Crippen LogP contribution is 2.29. The number of benzene rings is 1. The second kappa shape index (κ2) is 2.49. The number of fused-ring (bicyclic) bond motifs is 3. The zero-order valence-electron chi connectivity index (χ0n) is 7.27. The van der Waals surface area contributed by atoms with Crippen LogP contribution in [0, 0.1) is 0 Å². The van der Waals surface area contributed by atoms with E-state index in [1.54, 1.807) is 0 Å². The van der Waals surface area contributed by atoms with Crippen molar-refractivity contribution in [3.63, 3.8) is 0 Å². The summed E-state index contributed by atoms with van der Waals surface area (Å²) < 4.78 is 0. The van der Waals surface area contributed by atoms with E-state index in [1.807, 2.05) is 6.34 Å². The van der Waals surface area contributed by atoms with Gasteiger partial charge in [-0.2, -0.15) is 5.10 Å². The van der Waals surface area contributed by atoms with Gasteiger partial charge >= 0.3 is 0 Å². The van der Waals surface area contributed by atoms with E-state index in [2.05, 4.69) is 39.7 Å². The number of rotatable bonds is 0. The van der Waals surface area contributed by atoms with E-state index in [1.165, 1.54) is 11.3 Å². The van der Waals surface area contributed by atoms with Gasteiger partial charge < -0.3 is 4.90 Å². The molecule has 1 atom stereocenters. The molecule has 0 radical (unpaired) electrons. The number of hydrogen-bond donors (Lipinski definition) is 1. The maximum atomic E-state index is 4.08. The van der Waals surface area contributed by atoms with Gasteiger partial charge in [0.1, 0.15) is 12.5 Å². The average Bonchev–Trinajstić information content (AvgIpc) is 2.65. The molecule has 0 aromatic heterocycles. The van der Waals surface area contributed by atoms with Gasteiger partial charge in [-0.15, -0.1) is 0 Å². The van der Waals surface area contributed by atoms with Crippen molar-refractivity contribution in [1.82, 2.24) is 5.43 Å². The van der Waals surface area contributed by atoms with Crippen LogP contribution in [-0.2, 0) is 6.42 Å². The maximum absolute atomic E-state index is 4.08. The summed E-state index contributed by atoms with van der Waals surface area (Å²) in [5.41, 5.74) is 5.82. The third-order valence-electron chi connectivity index (χ3n) is 2.70. The highest BCUT2D eigenvalue weighted by Gasteiger charge is 2.27. The fraction of sp³-hybridized carbons (Fsp3) is 0.300. The Balaban J connectivity index is 2.10. The minimum absolute atomic E-state index is 0.384. The molecule has 1 aromatic carbocycles. The number of hydrazone groups is 1. The monoisotopic (exact) mass is 173 g/mol. The minimum atomic E-state index is 0.384. The zero-order chi connectivity index (χ0) is 8.67. The van der Waals surface area contributed by atoms with Crippen molar-refractivity contribution in [2.45, 2.75) is 19.0 Å². The Morgan fingerprint density at radius 3 is 3.31 bits per heavy atom. The summed E-state index contributed by atoms with van der Waals surface area (Å²) in [7, 11) is 0. The lowest BCUT2D eigenvalue weighted by Crippen LogP contribution is -2.40. The lowest BCUT2D eigenvalue weighted by atomic mass is 10.0. The fourth-order valence-corrected chi connectivity index (χ4v) is 2.02. The number of para-hydroxylation sites is 1. The smallest absolute Gasteiger partial charge is 0.121 e. The van der Waals surface area contributed by atoms with Gasteiger partial charge in [0.25, 0.3) is 0 Å². The first-order valence-corrected chi connectivity index (χ1v) is 4.60. The second-order valence-electron chi connectivity index (χ2n) is 3.46. The highest BCUT2D eigenvalue weighted by molar-refractivity contribution is 5.83. The van der Waals surface area contributed by atoms with Crippen LogP contribution < -0.4 is 10.3 Å². The summed E-state index contributed by atoms with van der Waals surface area (Å²) in [4.78, 5) is 2.21. The Labute approximate surface area is 77.1 Å². The van der Waals surface area contributed by atoms with Crippen molar-refractivity contribution < 1.29 is 0 Å². The predicted octanol–water partition coefficient (Wildman–Crippen LogP) is 1.31. The Hall–Kier alpha value is -1.51. The fourth-order valence-electron chi connectivity index (χ4n) is 2.02. The molecule has 1 aromatic rings. The van der Waals surface area contributed by atoms with Gasteiger partial charge in [0.2, 0.25) is 0 Å². The molecule has 2 heterocycles. The normalized spacial score (nSPS) is 23.7. The number of aryl methyl sites for hydroxylation is 1. The van der Waals surface area contributed by atoms with Gasteiger partial charge in [0.15, 0.2) is 0 Å². The van der Waals surface area contributed by atoms with Crippen LogP contribution in [0.2, 0.25) is 0 Å². The van der Waals surface area contributed by atoms with Gasteiger partial charge in [-0.1, -0.05) is 18.2 Å². The van der Waals surface area contributed by atoms with Gasteiger partial charge in [-0.05, 0) is 24.5 Å². The Kier molecular flexibility index (Phi) is 1.33. The minimum Gasteiger partial charge on any atom is -0.308 e. The van der Waals surface area contributed by atoms with Crippen LogP contribution in [0.1, 0.15) is 12.0 Å². The van der Waals surface area contributed by atoms with Gasteiger partial charge in [-0.3, -0.25) is 5.43 Å². The van der Waals surface area contributed by atoms with E-state index in [4.69, 9.17) is 0 Å². The number of anilines is 1. The lowest BCUT2D eigenvalue weighted by Gasteiger charge is -2.30. The van der Waals surface area contributed by atoms with E-state index < -0.39 is 0 Å². The number of hydrogen-bond acceptors (Lipinski definition) is 3. The average molecular weight is 173 g/mol. The number of nitrogens with zero attached hydrogens (tertiary/aromatic N) is 2.